The fourth-order valence-electron chi connectivity index (χ4n) is 3.37. The second-order valence-corrected chi connectivity index (χ2v) is 7.59. The zero-order valence-electron chi connectivity index (χ0n) is 12.9. The van der Waals surface area contributed by atoms with Gasteiger partial charge in [0.2, 0.25) is 5.89 Å². The Morgan fingerprint density at radius 1 is 1.27 bits per heavy atom. The molecule has 2 fully saturated rings. The Hall–Kier alpha value is -1.20. The van der Waals surface area contributed by atoms with Gasteiger partial charge in [-0.25, -0.2) is 0 Å². The standard InChI is InChI=1S/C17H23N3OS/c1-2-10-20(12-16-18-17(21-19-16)13-6-7-13)14(4-1)8-9-15-5-3-11-22-15/h3,5,11,13-14H,1-2,4,6-10,12H2/t14-/m0/s1. The molecule has 5 heteroatoms. The summed E-state index contributed by atoms with van der Waals surface area (Å²) in [7, 11) is 0. The Bertz CT molecular complexity index is 591. The van der Waals surface area contributed by atoms with Crippen LogP contribution in [-0.2, 0) is 13.0 Å². The van der Waals surface area contributed by atoms with Gasteiger partial charge in [0.1, 0.15) is 0 Å². The van der Waals surface area contributed by atoms with Crippen molar-refractivity contribution < 1.29 is 4.52 Å². The maximum absolute atomic E-state index is 5.40. The predicted molar refractivity (Wildman–Crippen MR) is 87.0 cm³/mol. The lowest BCUT2D eigenvalue weighted by Gasteiger charge is -2.34. The molecular formula is C17H23N3OS. The topological polar surface area (TPSA) is 42.2 Å². The molecule has 2 aromatic heterocycles. The fourth-order valence-corrected chi connectivity index (χ4v) is 4.09. The van der Waals surface area contributed by atoms with Crippen LogP contribution in [0.25, 0.3) is 0 Å². The molecule has 1 aliphatic heterocycles. The van der Waals surface area contributed by atoms with Gasteiger partial charge in [0.05, 0.1) is 6.54 Å². The highest BCUT2D eigenvalue weighted by molar-refractivity contribution is 7.09. The summed E-state index contributed by atoms with van der Waals surface area (Å²) in [5.74, 6) is 2.30. The first-order valence-electron chi connectivity index (χ1n) is 8.47. The Balaban J connectivity index is 1.36. The molecule has 3 heterocycles. The number of aryl methyl sites for hydroxylation is 1. The van der Waals surface area contributed by atoms with E-state index in [1.54, 1.807) is 0 Å². The van der Waals surface area contributed by atoms with Crippen molar-refractivity contribution in [2.75, 3.05) is 6.54 Å². The summed E-state index contributed by atoms with van der Waals surface area (Å²) < 4.78 is 5.40. The summed E-state index contributed by atoms with van der Waals surface area (Å²) in [6.45, 7) is 2.02. The largest absolute Gasteiger partial charge is 0.339 e. The molecule has 1 aliphatic carbocycles. The van der Waals surface area contributed by atoms with E-state index in [4.69, 9.17) is 4.52 Å². The molecule has 0 radical (unpaired) electrons. The lowest BCUT2D eigenvalue weighted by atomic mass is 9.97. The summed E-state index contributed by atoms with van der Waals surface area (Å²) in [6.07, 6.45) is 8.82. The molecule has 0 unspecified atom stereocenters. The molecule has 1 atom stereocenters. The zero-order chi connectivity index (χ0) is 14.8. The van der Waals surface area contributed by atoms with Crippen LogP contribution in [0.1, 0.15) is 61.0 Å². The summed E-state index contributed by atoms with van der Waals surface area (Å²) in [4.78, 5) is 8.66. The molecule has 4 rings (SSSR count). The van der Waals surface area contributed by atoms with E-state index in [2.05, 4.69) is 32.6 Å². The van der Waals surface area contributed by atoms with Crippen molar-refractivity contribution in [3.8, 4) is 0 Å². The van der Waals surface area contributed by atoms with Gasteiger partial charge >= 0.3 is 0 Å². The average Bonchev–Trinajstić information content (AvgIpc) is 3.07. The molecule has 0 spiro atoms. The summed E-state index contributed by atoms with van der Waals surface area (Å²) in [6, 6.07) is 5.06. The van der Waals surface area contributed by atoms with Crippen molar-refractivity contribution >= 4 is 11.3 Å². The second kappa shape index (κ2) is 6.50. The van der Waals surface area contributed by atoms with Gasteiger partial charge in [-0.1, -0.05) is 17.6 Å². The molecule has 1 saturated heterocycles. The van der Waals surface area contributed by atoms with Crippen molar-refractivity contribution in [1.82, 2.24) is 15.0 Å². The number of rotatable bonds is 6. The zero-order valence-corrected chi connectivity index (χ0v) is 13.7. The summed E-state index contributed by atoms with van der Waals surface area (Å²) in [5, 5.41) is 6.36. The Morgan fingerprint density at radius 3 is 3.05 bits per heavy atom. The van der Waals surface area contributed by atoms with E-state index < -0.39 is 0 Å². The normalized spacial score (nSPS) is 23.0. The highest BCUT2D eigenvalue weighted by Gasteiger charge is 2.30. The van der Waals surface area contributed by atoms with Crippen molar-refractivity contribution in [1.29, 1.82) is 0 Å². The minimum Gasteiger partial charge on any atom is -0.339 e. The number of hydrogen-bond acceptors (Lipinski definition) is 5. The molecule has 2 aliphatic rings. The molecule has 4 nitrogen and oxygen atoms in total. The molecule has 2 aromatic rings. The number of aromatic nitrogens is 2. The van der Waals surface area contributed by atoms with E-state index in [1.165, 1.54) is 56.4 Å². The van der Waals surface area contributed by atoms with Crippen molar-refractivity contribution in [2.45, 2.75) is 63.5 Å². The molecule has 0 N–H and O–H groups in total. The third kappa shape index (κ3) is 3.41. The van der Waals surface area contributed by atoms with Crippen LogP contribution in [-0.4, -0.2) is 27.6 Å². The van der Waals surface area contributed by atoms with Crippen LogP contribution in [0.4, 0.5) is 0 Å². The van der Waals surface area contributed by atoms with E-state index >= 15 is 0 Å². The van der Waals surface area contributed by atoms with Crippen molar-refractivity contribution in [3.05, 3.63) is 34.1 Å². The second-order valence-electron chi connectivity index (χ2n) is 6.56. The lowest BCUT2D eigenvalue weighted by Crippen LogP contribution is -2.39. The van der Waals surface area contributed by atoms with Gasteiger partial charge in [-0.15, -0.1) is 11.3 Å². The van der Waals surface area contributed by atoms with E-state index in [0.717, 1.165) is 18.3 Å². The molecule has 0 aromatic carbocycles. The molecule has 118 valence electrons. The van der Waals surface area contributed by atoms with Crippen LogP contribution in [0.3, 0.4) is 0 Å². The molecule has 0 bridgehead atoms. The van der Waals surface area contributed by atoms with Crippen LogP contribution >= 0.6 is 11.3 Å². The van der Waals surface area contributed by atoms with Crippen molar-refractivity contribution in [2.24, 2.45) is 0 Å². The minimum absolute atomic E-state index is 0.553. The van der Waals surface area contributed by atoms with Gasteiger partial charge in [-0.05, 0) is 56.5 Å². The van der Waals surface area contributed by atoms with Crippen LogP contribution in [0, 0.1) is 0 Å². The Morgan fingerprint density at radius 2 is 2.23 bits per heavy atom. The van der Waals surface area contributed by atoms with Crippen molar-refractivity contribution in [3.63, 3.8) is 0 Å². The monoisotopic (exact) mass is 317 g/mol. The molecule has 22 heavy (non-hydrogen) atoms. The van der Waals surface area contributed by atoms with Gasteiger partial charge in [-0.3, -0.25) is 4.90 Å². The van der Waals surface area contributed by atoms with Gasteiger partial charge in [-0.2, -0.15) is 4.98 Å². The first kappa shape index (κ1) is 14.4. The van der Waals surface area contributed by atoms with Gasteiger partial charge in [0.15, 0.2) is 5.82 Å². The summed E-state index contributed by atoms with van der Waals surface area (Å²) in [5.41, 5.74) is 0. The minimum atomic E-state index is 0.553. The van der Waals surface area contributed by atoms with E-state index in [9.17, 15) is 0 Å². The Kier molecular flexibility index (Phi) is 4.26. The van der Waals surface area contributed by atoms with Crippen LogP contribution < -0.4 is 0 Å². The van der Waals surface area contributed by atoms with Gasteiger partial charge < -0.3 is 4.52 Å². The van der Waals surface area contributed by atoms with E-state index in [1.807, 2.05) is 11.3 Å². The quantitative estimate of drug-likeness (QED) is 0.807. The highest BCUT2D eigenvalue weighted by atomic mass is 32.1. The number of likely N-dealkylation sites (tertiary alicyclic amines) is 1. The average molecular weight is 317 g/mol. The maximum Gasteiger partial charge on any atom is 0.229 e. The highest BCUT2D eigenvalue weighted by Crippen LogP contribution is 2.39. The number of hydrogen-bond donors (Lipinski definition) is 0. The van der Waals surface area contributed by atoms with Crippen LogP contribution in [0.5, 0.6) is 0 Å². The number of piperidine rings is 1. The molecule has 0 amide bonds. The Labute approximate surface area is 135 Å². The number of nitrogens with zero attached hydrogens (tertiary/aromatic N) is 3. The van der Waals surface area contributed by atoms with Crippen LogP contribution in [0.2, 0.25) is 0 Å². The smallest absolute Gasteiger partial charge is 0.229 e. The third-order valence-electron chi connectivity index (χ3n) is 4.81. The molecule has 1 saturated carbocycles. The van der Waals surface area contributed by atoms with Gasteiger partial charge in [0, 0.05) is 16.8 Å². The first-order valence-corrected chi connectivity index (χ1v) is 9.35. The predicted octanol–water partition coefficient (Wildman–Crippen LogP) is 4.00. The lowest BCUT2D eigenvalue weighted by molar-refractivity contribution is 0.128. The van der Waals surface area contributed by atoms with Gasteiger partial charge in [0.25, 0.3) is 0 Å². The number of thiophene rings is 1. The van der Waals surface area contributed by atoms with E-state index in [0.29, 0.717) is 12.0 Å². The first-order chi connectivity index (χ1) is 10.9. The van der Waals surface area contributed by atoms with Crippen LogP contribution in [0.15, 0.2) is 22.0 Å². The maximum atomic E-state index is 5.40. The third-order valence-corrected chi connectivity index (χ3v) is 5.74. The summed E-state index contributed by atoms with van der Waals surface area (Å²) >= 11 is 1.87. The molecular weight excluding hydrogens is 294 g/mol. The SMILES string of the molecule is c1csc(CC[C@@H]2CCCCN2Cc2noc(C3CC3)n2)c1. The fraction of sp³-hybridized carbons (Fsp3) is 0.647. The van der Waals surface area contributed by atoms with E-state index in [-0.39, 0.29) is 0 Å².